The summed E-state index contributed by atoms with van der Waals surface area (Å²) in [5.41, 5.74) is 1.48. The van der Waals surface area contributed by atoms with Gasteiger partial charge in [-0.1, -0.05) is 49.4 Å². The summed E-state index contributed by atoms with van der Waals surface area (Å²) in [5, 5.41) is 5.86. The molecule has 2 atom stereocenters. The highest BCUT2D eigenvalue weighted by Gasteiger charge is 2.32. The molecule has 1 unspecified atom stereocenters. The third-order valence-corrected chi connectivity index (χ3v) is 6.88. The number of amides is 3. The van der Waals surface area contributed by atoms with Crippen molar-refractivity contribution < 1.29 is 23.5 Å². The molecule has 0 aromatic heterocycles. The maximum absolute atomic E-state index is 13.3. The van der Waals surface area contributed by atoms with Crippen LogP contribution in [0.25, 0.3) is 0 Å². The number of rotatable bonds is 9. The Morgan fingerprint density at radius 3 is 2.27 bits per heavy atom. The molecule has 8 heteroatoms. The lowest BCUT2D eigenvalue weighted by Gasteiger charge is -2.34. The summed E-state index contributed by atoms with van der Waals surface area (Å²) in [5.74, 6) is -1.32. The van der Waals surface area contributed by atoms with Crippen LogP contribution in [-0.4, -0.2) is 54.6 Å². The molecular formula is C29H38FN3O4. The Labute approximate surface area is 218 Å². The zero-order valence-electron chi connectivity index (χ0n) is 22.1. The van der Waals surface area contributed by atoms with Gasteiger partial charge in [-0.2, -0.15) is 0 Å². The summed E-state index contributed by atoms with van der Waals surface area (Å²) in [6.07, 6.45) is 2.27. The van der Waals surface area contributed by atoms with Gasteiger partial charge in [0.05, 0.1) is 13.0 Å². The van der Waals surface area contributed by atoms with Crippen LogP contribution in [0.2, 0.25) is 0 Å². The first kappa shape index (κ1) is 28.2. The zero-order valence-corrected chi connectivity index (χ0v) is 22.1. The average Bonchev–Trinajstić information content (AvgIpc) is 2.89. The van der Waals surface area contributed by atoms with E-state index in [0.717, 1.165) is 18.4 Å². The van der Waals surface area contributed by atoms with Crippen molar-refractivity contribution in [3.63, 3.8) is 0 Å². The predicted octanol–water partition coefficient (Wildman–Crippen LogP) is 4.42. The van der Waals surface area contributed by atoms with Crippen LogP contribution in [0.15, 0.2) is 54.6 Å². The van der Waals surface area contributed by atoms with E-state index < -0.39 is 23.5 Å². The van der Waals surface area contributed by atoms with Gasteiger partial charge in [-0.15, -0.1) is 0 Å². The second-order valence-electron chi connectivity index (χ2n) is 10.5. The van der Waals surface area contributed by atoms with Crippen LogP contribution in [0, 0.1) is 11.7 Å². The summed E-state index contributed by atoms with van der Waals surface area (Å²) < 4.78 is 18.1. The highest BCUT2D eigenvalue weighted by molar-refractivity contribution is 5.88. The Morgan fingerprint density at radius 1 is 1.05 bits per heavy atom. The number of carbonyl (C=O) groups is 3. The molecule has 2 aromatic carbocycles. The van der Waals surface area contributed by atoms with Gasteiger partial charge in [0, 0.05) is 18.6 Å². The minimum absolute atomic E-state index is 0.108. The normalized spacial score (nSPS) is 16.0. The van der Waals surface area contributed by atoms with Crippen molar-refractivity contribution in [2.24, 2.45) is 5.92 Å². The van der Waals surface area contributed by atoms with Crippen LogP contribution < -0.4 is 10.6 Å². The number of hydrogen-bond donors (Lipinski definition) is 2. The lowest BCUT2D eigenvalue weighted by molar-refractivity contribution is -0.145. The summed E-state index contributed by atoms with van der Waals surface area (Å²) >= 11 is 0. The lowest BCUT2D eigenvalue weighted by atomic mass is 9.89. The van der Waals surface area contributed by atoms with Gasteiger partial charge in [0.25, 0.3) is 0 Å². The van der Waals surface area contributed by atoms with Gasteiger partial charge in [-0.25, -0.2) is 9.18 Å². The monoisotopic (exact) mass is 511 g/mol. The maximum Gasteiger partial charge on any atom is 0.318 e. The molecule has 0 radical (unpaired) electrons. The number of hydrogen-bond acceptors (Lipinski definition) is 4. The number of urea groups is 1. The Morgan fingerprint density at radius 2 is 1.68 bits per heavy atom. The van der Waals surface area contributed by atoms with E-state index in [1.807, 2.05) is 32.0 Å². The number of halogens is 1. The van der Waals surface area contributed by atoms with E-state index in [2.05, 4.69) is 22.8 Å². The van der Waals surface area contributed by atoms with Crippen molar-refractivity contribution in [3.05, 3.63) is 71.5 Å². The van der Waals surface area contributed by atoms with Crippen molar-refractivity contribution in [2.75, 3.05) is 20.2 Å². The Kier molecular flexibility index (Phi) is 9.66. The number of esters is 1. The van der Waals surface area contributed by atoms with Gasteiger partial charge in [-0.3, -0.25) is 9.59 Å². The summed E-state index contributed by atoms with van der Waals surface area (Å²) in [6.45, 7) is 6.58. The van der Waals surface area contributed by atoms with Gasteiger partial charge in [0.2, 0.25) is 5.91 Å². The standard InChI is InChI=1S/C29H38FN3O4/c1-20(27(35)37-4)18-25(26(34)32-29(2,3)19-21-10-12-24(30)13-11-21)31-28(36)33-16-14-23(15-17-33)22-8-6-5-7-9-22/h5-13,20,23,25H,14-19H2,1-4H3,(H,31,36)(H,32,34)/t20?,25-/m0/s1. The molecule has 37 heavy (non-hydrogen) atoms. The molecule has 3 amide bonds. The van der Waals surface area contributed by atoms with E-state index in [0.29, 0.717) is 25.4 Å². The van der Waals surface area contributed by atoms with E-state index in [-0.39, 0.29) is 24.2 Å². The SMILES string of the molecule is COC(=O)C(C)C[C@H](NC(=O)N1CCC(c2ccccc2)CC1)C(=O)NC(C)(C)Cc1ccc(F)cc1. The number of benzene rings is 2. The molecular weight excluding hydrogens is 473 g/mol. The summed E-state index contributed by atoms with van der Waals surface area (Å²) in [6, 6.07) is 15.2. The molecule has 2 aromatic rings. The largest absolute Gasteiger partial charge is 0.469 e. The van der Waals surface area contributed by atoms with E-state index in [4.69, 9.17) is 4.74 Å². The van der Waals surface area contributed by atoms with Crippen molar-refractivity contribution in [1.82, 2.24) is 15.5 Å². The maximum atomic E-state index is 13.3. The van der Waals surface area contributed by atoms with E-state index >= 15 is 0 Å². The van der Waals surface area contributed by atoms with Gasteiger partial charge in [-0.05, 0) is 68.7 Å². The molecule has 200 valence electrons. The molecule has 7 nitrogen and oxygen atoms in total. The fourth-order valence-corrected chi connectivity index (χ4v) is 4.84. The first-order valence-corrected chi connectivity index (χ1v) is 12.8. The minimum atomic E-state index is -0.916. The molecule has 0 aliphatic carbocycles. The zero-order chi connectivity index (χ0) is 27.0. The molecule has 1 aliphatic rings. The third-order valence-electron chi connectivity index (χ3n) is 6.88. The van der Waals surface area contributed by atoms with Crippen LogP contribution in [0.5, 0.6) is 0 Å². The number of nitrogens with one attached hydrogen (secondary N) is 2. The van der Waals surface area contributed by atoms with E-state index in [1.54, 1.807) is 24.0 Å². The molecule has 1 aliphatic heterocycles. The highest BCUT2D eigenvalue weighted by Crippen LogP contribution is 2.27. The number of carbonyl (C=O) groups excluding carboxylic acids is 3. The first-order chi connectivity index (χ1) is 17.6. The van der Waals surface area contributed by atoms with Crippen molar-refractivity contribution in [2.45, 2.75) is 64.0 Å². The van der Waals surface area contributed by atoms with Gasteiger partial charge < -0.3 is 20.3 Å². The topological polar surface area (TPSA) is 87.7 Å². The van der Waals surface area contributed by atoms with E-state index in [1.165, 1.54) is 24.8 Å². The molecule has 3 rings (SSSR count). The van der Waals surface area contributed by atoms with Crippen LogP contribution in [-0.2, 0) is 20.7 Å². The molecule has 0 bridgehead atoms. The fourth-order valence-electron chi connectivity index (χ4n) is 4.84. The minimum Gasteiger partial charge on any atom is -0.469 e. The summed E-state index contributed by atoms with van der Waals surface area (Å²) in [7, 11) is 1.30. The first-order valence-electron chi connectivity index (χ1n) is 12.8. The Balaban J connectivity index is 1.64. The van der Waals surface area contributed by atoms with Crippen LogP contribution in [0.1, 0.15) is 57.1 Å². The molecule has 0 spiro atoms. The van der Waals surface area contributed by atoms with Gasteiger partial charge in [0.1, 0.15) is 11.9 Å². The highest BCUT2D eigenvalue weighted by atomic mass is 19.1. The van der Waals surface area contributed by atoms with Crippen LogP contribution >= 0.6 is 0 Å². The van der Waals surface area contributed by atoms with Crippen molar-refractivity contribution in [1.29, 1.82) is 0 Å². The second-order valence-corrected chi connectivity index (χ2v) is 10.5. The molecule has 1 heterocycles. The number of nitrogens with zero attached hydrogens (tertiary/aromatic N) is 1. The molecule has 2 N–H and O–H groups in total. The van der Waals surface area contributed by atoms with Gasteiger partial charge >= 0.3 is 12.0 Å². The smallest absolute Gasteiger partial charge is 0.318 e. The number of likely N-dealkylation sites (tertiary alicyclic amines) is 1. The van der Waals surface area contributed by atoms with Crippen LogP contribution in [0.3, 0.4) is 0 Å². The molecule has 1 saturated heterocycles. The lowest BCUT2D eigenvalue weighted by Crippen LogP contribution is -2.57. The Hall–Kier alpha value is -3.42. The number of piperidine rings is 1. The summed E-state index contributed by atoms with van der Waals surface area (Å²) in [4.78, 5) is 40.3. The quantitative estimate of drug-likeness (QED) is 0.488. The van der Waals surface area contributed by atoms with Gasteiger partial charge in [0.15, 0.2) is 0 Å². The second kappa shape index (κ2) is 12.7. The van der Waals surface area contributed by atoms with E-state index in [9.17, 15) is 18.8 Å². The van der Waals surface area contributed by atoms with Crippen molar-refractivity contribution in [3.8, 4) is 0 Å². The fraction of sp³-hybridized carbons (Fsp3) is 0.483. The number of ether oxygens (including phenoxy) is 1. The predicted molar refractivity (Wildman–Crippen MR) is 140 cm³/mol. The average molecular weight is 512 g/mol. The van der Waals surface area contributed by atoms with Crippen LogP contribution in [0.4, 0.5) is 9.18 Å². The van der Waals surface area contributed by atoms with Crippen molar-refractivity contribution >= 4 is 17.9 Å². The Bertz CT molecular complexity index is 1050. The molecule has 0 saturated carbocycles. The molecule has 1 fully saturated rings. The third kappa shape index (κ3) is 8.30. The number of methoxy groups -OCH3 is 1.